The van der Waals surface area contributed by atoms with E-state index in [2.05, 4.69) is 24.7 Å². The van der Waals surface area contributed by atoms with Crippen LogP contribution in [0.5, 0.6) is 17.4 Å². The van der Waals surface area contributed by atoms with Crippen molar-refractivity contribution >= 4 is 11.2 Å². The first-order chi connectivity index (χ1) is 14.2. The third-order valence-corrected chi connectivity index (χ3v) is 4.13. The fraction of sp³-hybridized carbons (Fsp3) is 0.158. The van der Waals surface area contributed by atoms with Gasteiger partial charge >= 0.3 is 12.1 Å². The van der Waals surface area contributed by atoms with E-state index in [0.717, 1.165) is 6.07 Å². The molecule has 11 heteroatoms. The molecule has 4 aromatic rings. The third-order valence-electron chi connectivity index (χ3n) is 4.13. The summed E-state index contributed by atoms with van der Waals surface area (Å²) < 4.78 is 48.4. The van der Waals surface area contributed by atoms with Crippen molar-refractivity contribution in [3.8, 4) is 23.1 Å². The highest BCUT2D eigenvalue weighted by molar-refractivity contribution is 5.71. The molecule has 0 amide bonds. The molecule has 0 fully saturated rings. The van der Waals surface area contributed by atoms with Crippen molar-refractivity contribution in [1.29, 1.82) is 0 Å². The van der Waals surface area contributed by atoms with Gasteiger partial charge in [0, 0.05) is 12.1 Å². The molecule has 0 bridgehead atoms. The highest BCUT2D eigenvalue weighted by atomic mass is 19.4. The van der Waals surface area contributed by atoms with Crippen LogP contribution in [0.1, 0.15) is 11.4 Å². The maximum atomic E-state index is 12.5. The summed E-state index contributed by atoms with van der Waals surface area (Å²) in [6.45, 7) is 3.19. The first-order valence-electron chi connectivity index (χ1n) is 8.65. The van der Waals surface area contributed by atoms with Crippen LogP contribution in [0.25, 0.3) is 16.9 Å². The molecule has 0 aliphatic rings. The summed E-state index contributed by atoms with van der Waals surface area (Å²) in [6.07, 6.45) is -1.90. The summed E-state index contributed by atoms with van der Waals surface area (Å²) in [5.41, 5.74) is 1.20. The van der Waals surface area contributed by atoms with Crippen LogP contribution in [0.15, 0.2) is 47.5 Å². The Labute approximate surface area is 167 Å². The molecule has 154 valence electrons. The zero-order valence-corrected chi connectivity index (χ0v) is 15.7. The van der Waals surface area contributed by atoms with Crippen LogP contribution >= 0.6 is 0 Å². The van der Waals surface area contributed by atoms with Crippen LogP contribution < -0.4 is 15.2 Å². The number of pyridine rings is 1. The number of fused-ring (bicyclic) bond motifs is 1. The number of aromatic amines is 1. The standard InChI is InChI=1S/C19H14F3N5O3/c1-10-3-5-13(7-15(10)30-19(20,21)22)29-16-6-4-12(8-24-16)27-17-14(26-18(27)28)9-23-11(2)25-17/h3-9H,1-2H3,(H,26,28). The van der Waals surface area contributed by atoms with Crippen molar-refractivity contribution in [1.82, 2.24) is 24.5 Å². The maximum Gasteiger partial charge on any atom is 0.573 e. The number of aryl methyl sites for hydroxylation is 2. The molecule has 30 heavy (non-hydrogen) atoms. The molecule has 0 atom stereocenters. The zero-order valence-electron chi connectivity index (χ0n) is 15.7. The van der Waals surface area contributed by atoms with E-state index in [1.165, 1.54) is 42.1 Å². The number of ether oxygens (including phenoxy) is 2. The van der Waals surface area contributed by atoms with Gasteiger partial charge < -0.3 is 14.5 Å². The van der Waals surface area contributed by atoms with Crippen molar-refractivity contribution in [2.24, 2.45) is 0 Å². The van der Waals surface area contributed by atoms with Crippen LogP contribution in [0.3, 0.4) is 0 Å². The van der Waals surface area contributed by atoms with Crippen molar-refractivity contribution in [2.75, 3.05) is 0 Å². The van der Waals surface area contributed by atoms with Gasteiger partial charge in [-0.25, -0.2) is 24.3 Å². The molecule has 0 saturated carbocycles. The number of alkyl halides is 3. The van der Waals surface area contributed by atoms with E-state index in [9.17, 15) is 18.0 Å². The van der Waals surface area contributed by atoms with Crippen molar-refractivity contribution in [3.05, 3.63) is 64.6 Å². The predicted octanol–water partition coefficient (Wildman–Crippen LogP) is 3.81. The number of H-pyrrole nitrogens is 1. The molecule has 0 unspecified atom stereocenters. The number of imidazole rings is 1. The van der Waals surface area contributed by atoms with E-state index in [-0.39, 0.29) is 17.4 Å². The van der Waals surface area contributed by atoms with Gasteiger partial charge in [0.1, 0.15) is 22.8 Å². The fourth-order valence-electron chi connectivity index (χ4n) is 2.79. The van der Waals surface area contributed by atoms with Gasteiger partial charge in [-0.2, -0.15) is 0 Å². The molecule has 8 nitrogen and oxygen atoms in total. The monoisotopic (exact) mass is 417 g/mol. The van der Waals surface area contributed by atoms with Crippen LogP contribution in [0, 0.1) is 13.8 Å². The minimum Gasteiger partial charge on any atom is -0.439 e. The van der Waals surface area contributed by atoms with Crippen LogP contribution in [-0.4, -0.2) is 30.9 Å². The van der Waals surface area contributed by atoms with Gasteiger partial charge in [-0.15, -0.1) is 13.2 Å². The Kier molecular flexibility index (Phi) is 4.65. The number of halogens is 3. The van der Waals surface area contributed by atoms with Crippen molar-refractivity contribution in [2.45, 2.75) is 20.2 Å². The Morgan fingerprint density at radius 1 is 1.07 bits per heavy atom. The van der Waals surface area contributed by atoms with Crippen LogP contribution in [-0.2, 0) is 0 Å². The molecule has 0 saturated heterocycles. The summed E-state index contributed by atoms with van der Waals surface area (Å²) in [7, 11) is 0. The Balaban J connectivity index is 1.61. The van der Waals surface area contributed by atoms with Gasteiger partial charge in [0.25, 0.3) is 0 Å². The highest BCUT2D eigenvalue weighted by Gasteiger charge is 2.32. The Hall–Kier alpha value is -3.89. The van der Waals surface area contributed by atoms with E-state index >= 15 is 0 Å². The Morgan fingerprint density at radius 3 is 2.57 bits per heavy atom. The average Bonchev–Trinajstić information content (AvgIpc) is 2.99. The fourth-order valence-corrected chi connectivity index (χ4v) is 2.79. The number of hydrogen-bond acceptors (Lipinski definition) is 6. The van der Waals surface area contributed by atoms with E-state index in [1.54, 1.807) is 13.0 Å². The summed E-state index contributed by atoms with van der Waals surface area (Å²) in [6, 6.07) is 7.13. The molecule has 0 spiro atoms. The normalized spacial score (nSPS) is 11.6. The van der Waals surface area contributed by atoms with E-state index in [1.807, 2.05) is 0 Å². The molecule has 4 rings (SSSR count). The van der Waals surface area contributed by atoms with Gasteiger partial charge in [-0.1, -0.05) is 6.07 Å². The molecular formula is C19H14F3N5O3. The highest BCUT2D eigenvalue weighted by Crippen LogP contribution is 2.31. The Bertz CT molecular complexity index is 1280. The van der Waals surface area contributed by atoms with E-state index < -0.39 is 12.1 Å². The predicted molar refractivity (Wildman–Crippen MR) is 100.0 cm³/mol. The van der Waals surface area contributed by atoms with Crippen molar-refractivity contribution < 1.29 is 22.6 Å². The Morgan fingerprint density at radius 2 is 1.87 bits per heavy atom. The molecule has 0 radical (unpaired) electrons. The molecule has 0 aliphatic heterocycles. The minimum absolute atomic E-state index is 0.118. The summed E-state index contributed by atoms with van der Waals surface area (Å²) in [5.74, 6) is 0.378. The van der Waals surface area contributed by atoms with E-state index in [0.29, 0.717) is 28.2 Å². The maximum absolute atomic E-state index is 12.5. The van der Waals surface area contributed by atoms with Gasteiger partial charge in [-0.3, -0.25) is 0 Å². The first-order valence-corrected chi connectivity index (χ1v) is 8.65. The lowest BCUT2D eigenvalue weighted by molar-refractivity contribution is -0.274. The first kappa shape index (κ1) is 19.4. The summed E-state index contributed by atoms with van der Waals surface area (Å²) in [5, 5.41) is 0. The SMILES string of the molecule is Cc1ncc2[nH]c(=O)n(-c3ccc(Oc4ccc(C)c(OC(F)(F)F)c4)nc3)c2n1. The second-order valence-corrected chi connectivity index (χ2v) is 6.35. The topological polar surface area (TPSA) is 94.9 Å². The zero-order chi connectivity index (χ0) is 21.5. The second kappa shape index (κ2) is 7.17. The second-order valence-electron chi connectivity index (χ2n) is 6.35. The smallest absolute Gasteiger partial charge is 0.439 e. The third kappa shape index (κ3) is 3.95. The average molecular weight is 417 g/mol. The van der Waals surface area contributed by atoms with Gasteiger partial charge in [0.2, 0.25) is 5.88 Å². The van der Waals surface area contributed by atoms with Gasteiger partial charge in [-0.05, 0) is 31.5 Å². The number of benzene rings is 1. The quantitative estimate of drug-likeness (QED) is 0.543. The van der Waals surface area contributed by atoms with E-state index in [4.69, 9.17) is 4.74 Å². The molecule has 1 aromatic carbocycles. The lowest BCUT2D eigenvalue weighted by Gasteiger charge is -2.13. The lowest BCUT2D eigenvalue weighted by Crippen LogP contribution is -2.17. The summed E-state index contributed by atoms with van der Waals surface area (Å²) >= 11 is 0. The lowest BCUT2D eigenvalue weighted by atomic mass is 10.2. The number of aromatic nitrogens is 5. The van der Waals surface area contributed by atoms with Gasteiger partial charge in [0.15, 0.2) is 5.65 Å². The molecule has 1 N–H and O–H groups in total. The van der Waals surface area contributed by atoms with Gasteiger partial charge in [0.05, 0.1) is 18.1 Å². The minimum atomic E-state index is -4.81. The number of hydrogen-bond donors (Lipinski definition) is 1. The molecule has 0 aliphatic carbocycles. The molecule has 3 heterocycles. The number of rotatable bonds is 4. The van der Waals surface area contributed by atoms with Crippen LogP contribution in [0.4, 0.5) is 13.2 Å². The largest absolute Gasteiger partial charge is 0.573 e. The van der Waals surface area contributed by atoms with Crippen LogP contribution in [0.2, 0.25) is 0 Å². The number of nitrogens with one attached hydrogen (secondary N) is 1. The number of nitrogens with zero attached hydrogens (tertiary/aromatic N) is 4. The summed E-state index contributed by atoms with van der Waals surface area (Å²) in [4.78, 5) is 27.4. The van der Waals surface area contributed by atoms with Crippen molar-refractivity contribution in [3.63, 3.8) is 0 Å². The molecular weight excluding hydrogens is 403 g/mol. The molecule has 3 aromatic heterocycles.